The van der Waals surface area contributed by atoms with Crippen molar-refractivity contribution in [3.8, 4) is 11.5 Å². The van der Waals surface area contributed by atoms with E-state index in [9.17, 15) is 9.59 Å². The first-order valence-electron chi connectivity index (χ1n) is 7.90. The van der Waals surface area contributed by atoms with E-state index in [1.54, 1.807) is 18.9 Å². The SMILES string of the molecule is COc1ccc(OCCNC(=O)C2CCCN(C(C)=O)C2)cc1. The molecule has 23 heavy (non-hydrogen) atoms. The largest absolute Gasteiger partial charge is 0.497 e. The summed E-state index contributed by atoms with van der Waals surface area (Å²) < 4.78 is 10.6. The molecule has 1 saturated heterocycles. The molecule has 1 aromatic carbocycles. The number of carbonyl (C=O) groups is 2. The van der Waals surface area contributed by atoms with Gasteiger partial charge in [-0.1, -0.05) is 0 Å². The predicted molar refractivity (Wildman–Crippen MR) is 86.5 cm³/mol. The number of nitrogens with one attached hydrogen (secondary N) is 1. The molecule has 0 aliphatic carbocycles. The quantitative estimate of drug-likeness (QED) is 0.806. The molecule has 1 fully saturated rings. The summed E-state index contributed by atoms with van der Waals surface area (Å²) in [5, 5.41) is 2.88. The van der Waals surface area contributed by atoms with Gasteiger partial charge in [-0.2, -0.15) is 0 Å². The third kappa shape index (κ3) is 5.16. The molecule has 0 saturated carbocycles. The van der Waals surface area contributed by atoms with Crippen molar-refractivity contribution in [1.29, 1.82) is 0 Å². The van der Waals surface area contributed by atoms with Gasteiger partial charge in [-0.15, -0.1) is 0 Å². The summed E-state index contributed by atoms with van der Waals surface area (Å²) in [7, 11) is 1.61. The van der Waals surface area contributed by atoms with E-state index in [-0.39, 0.29) is 17.7 Å². The van der Waals surface area contributed by atoms with Crippen molar-refractivity contribution < 1.29 is 19.1 Å². The van der Waals surface area contributed by atoms with Crippen LogP contribution < -0.4 is 14.8 Å². The van der Waals surface area contributed by atoms with Crippen LogP contribution >= 0.6 is 0 Å². The standard InChI is InChI=1S/C17H24N2O4/c1-13(20)19-10-3-4-14(12-19)17(21)18-9-11-23-16-7-5-15(22-2)6-8-16/h5-8,14H,3-4,9-12H2,1-2H3,(H,18,21). The Hall–Kier alpha value is -2.24. The highest BCUT2D eigenvalue weighted by molar-refractivity contribution is 5.80. The molecule has 2 rings (SSSR count). The molecule has 0 spiro atoms. The first-order valence-corrected chi connectivity index (χ1v) is 7.90. The Kier molecular flexibility index (Phi) is 6.26. The predicted octanol–water partition coefficient (Wildman–Crippen LogP) is 1.45. The monoisotopic (exact) mass is 320 g/mol. The van der Waals surface area contributed by atoms with Gasteiger partial charge in [0.05, 0.1) is 19.6 Å². The topological polar surface area (TPSA) is 67.9 Å². The van der Waals surface area contributed by atoms with E-state index in [0.717, 1.165) is 30.9 Å². The number of benzene rings is 1. The maximum absolute atomic E-state index is 12.1. The van der Waals surface area contributed by atoms with Crippen LogP contribution in [0.25, 0.3) is 0 Å². The lowest BCUT2D eigenvalue weighted by atomic mass is 9.97. The number of hydrogen-bond donors (Lipinski definition) is 1. The van der Waals surface area contributed by atoms with Gasteiger partial charge < -0.3 is 19.7 Å². The summed E-state index contributed by atoms with van der Waals surface area (Å²) >= 11 is 0. The van der Waals surface area contributed by atoms with Crippen molar-refractivity contribution in [2.24, 2.45) is 5.92 Å². The lowest BCUT2D eigenvalue weighted by Gasteiger charge is -2.31. The molecule has 1 N–H and O–H groups in total. The molecule has 0 radical (unpaired) electrons. The van der Waals surface area contributed by atoms with Crippen LogP contribution in [-0.4, -0.2) is 50.1 Å². The van der Waals surface area contributed by atoms with Crippen molar-refractivity contribution in [2.75, 3.05) is 33.4 Å². The maximum atomic E-state index is 12.1. The van der Waals surface area contributed by atoms with Gasteiger partial charge in [0.15, 0.2) is 0 Å². The van der Waals surface area contributed by atoms with Crippen LogP contribution in [0.15, 0.2) is 24.3 Å². The van der Waals surface area contributed by atoms with Crippen molar-refractivity contribution in [3.05, 3.63) is 24.3 Å². The summed E-state index contributed by atoms with van der Waals surface area (Å²) in [5.74, 6) is 1.42. The number of rotatable bonds is 6. The van der Waals surface area contributed by atoms with E-state index >= 15 is 0 Å². The lowest BCUT2D eigenvalue weighted by Crippen LogP contribution is -2.45. The van der Waals surface area contributed by atoms with Gasteiger partial charge in [0.2, 0.25) is 11.8 Å². The molecule has 126 valence electrons. The van der Waals surface area contributed by atoms with Gasteiger partial charge in [0, 0.05) is 20.0 Å². The summed E-state index contributed by atoms with van der Waals surface area (Å²) in [4.78, 5) is 25.3. The summed E-state index contributed by atoms with van der Waals surface area (Å²) in [6, 6.07) is 7.30. The third-order valence-corrected chi connectivity index (χ3v) is 3.97. The molecular weight excluding hydrogens is 296 g/mol. The molecule has 2 amide bonds. The van der Waals surface area contributed by atoms with E-state index in [1.165, 1.54) is 0 Å². The number of piperidine rings is 1. The first kappa shape index (κ1) is 17.1. The van der Waals surface area contributed by atoms with Gasteiger partial charge in [-0.25, -0.2) is 0 Å². The molecule has 6 heteroatoms. The van der Waals surface area contributed by atoms with E-state index in [2.05, 4.69) is 5.32 Å². The summed E-state index contributed by atoms with van der Waals surface area (Å²) in [6.45, 7) is 3.66. The average molecular weight is 320 g/mol. The van der Waals surface area contributed by atoms with E-state index in [0.29, 0.717) is 19.7 Å². The minimum atomic E-state index is -0.117. The average Bonchev–Trinajstić information content (AvgIpc) is 2.59. The number of ether oxygens (including phenoxy) is 2. The molecule has 1 aliphatic rings. The summed E-state index contributed by atoms with van der Waals surface area (Å²) in [6.07, 6.45) is 1.70. The Morgan fingerprint density at radius 1 is 1.26 bits per heavy atom. The number of hydrogen-bond acceptors (Lipinski definition) is 4. The summed E-state index contributed by atoms with van der Waals surface area (Å²) in [5.41, 5.74) is 0. The van der Waals surface area contributed by atoms with Crippen LogP contribution in [0, 0.1) is 5.92 Å². The lowest BCUT2D eigenvalue weighted by molar-refractivity contribution is -0.134. The Balaban J connectivity index is 1.68. The Labute approximate surface area is 136 Å². The zero-order chi connectivity index (χ0) is 16.7. The Morgan fingerprint density at radius 3 is 2.61 bits per heavy atom. The van der Waals surface area contributed by atoms with Crippen LogP contribution in [0.3, 0.4) is 0 Å². The highest BCUT2D eigenvalue weighted by atomic mass is 16.5. The molecule has 0 bridgehead atoms. The number of carbonyl (C=O) groups excluding carboxylic acids is 2. The van der Waals surface area contributed by atoms with Crippen LogP contribution in [0.5, 0.6) is 11.5 Å². The Bertz CT molecular complexity index is 530. The van der Waals surface area contributed by atoms with Crippen molar-refractivity contribution in [3.63, 3.8) is 0 Å². The van der Waals surface area contributed by atoms with Crippen molar-refractivity contribution >= 4 is 11.8 Å². The van der Waals surface area contributed by atoms with E-state index < -0.39 is 0 Å². The molecular formula is C17H24N2O4. The van der Waals surface area contributed by atoms with Crippen molar-refractivity contribution in [2.45, 2.75) is 19.8 Å². The number of likely N-dealkylation sites (tertiary alicyclic amines) is 1. The fourth-order valence-electron chi connectivity index (χ4n) is 2.64. The fourth-order valence-corrected chi connectivity index (χ4v) is 2.64. The van der Waals surface area contributed by atoms with Crippen LogP contribution in [0.2, 0.25) is 0 Å². The number of methoxy groups -OCH3 is 1. The van der Waals surface area contributed by atoms with Crippen molar-refractivity contribution in [1.82, 2.24) is 10.2 Å². The first-order chi connectivity index (χ1) is 11.1. The van der Waals surface area contributed by atoms with Gasteiger partial charge >= 0.3 is 0 Å². The van der Waals surface area contributed by atoms with E-state index in [4.69, 9.17) is 9.47 Å². The van der Waals surface area contributed by atoms with Gasteiger partial charge in [0.1, 0.15) is 18.1 Å². The van der Waals surface area contributed by atoms with E-state index in [1.807, 2.05) is 24.3 Å². The third-order valence-electron chi connectivity index (χ3n) is 3.97. The second-order valence-corrected chi connectivity index (χ2v) is 5.62. The molecule has 6 nitrogen and oxygen atoms in total. The zero-order valence-electron chi connectivity index (χ0n) is 13.7. The van der Waals surface area contributed by atoms with Crippen LogP contribution in [-0.2, 0) is 9.59 Å². The molecule has 1 atom stereocenters. The molecule has 1 aliphatic heterocycles. The molecule has 1 aromatic rings. The smallest absolute Gasteiger partial charge is 0.225 e. The highest BCUT2D eigenvalue weighted by Gasteiger charge is 2.26. The van der Waals surface area contributed by atoms with Crippen LogP contribution in [0.1, 0.15) is 19.8 Å². The molecule has 1 heterocycles. The maximum Gasteiger partial charge on any atom is 0.225 e. The fraction of sp³-hybridized carbons (Fsp3) is 0.529. The number of nitrogens with zero attached hydrogens (tertiary/aromatic N) is 1. The normalized spacial score (nSPS) is 17.5. The minimum Gasteiger partial charge on any atom is -0.497 e. The second-order valence-electron chi connectivity index (χ2n) is 5.62. The molecule has 0 aromatic heterocycles. The number of amides is 2. The molecule has 1 unspecified atom stereocenters. The minimum absolute atomic E-state index is 0.00530. The zero-order valence-corrected chi connectivity index (χ0v) is 13.7. The van der Waals surface area contributed by atoms with Gasteiger partial charge in [-0.05, 0) is 37.1 Å². The van der Waals surface area contributed by atoms with Gasteiger partial charge in [0.25, 0.3) is 0 Å². The van der Waals surface area contributed by atoms with Gasteiger partial charge in [-0.3, -0.25) is 9.59 Å². The second kappa shape index (κ2) is 8.41. The Morgan fingerprint density at radius 2 is 1.96 bits per heavy atom. The highest BCUT2D eigenvalue weighted by Crippen LogP contribution is 2.17. The van der Waals surface area contributed by atoms with Crippen LogP contribution in [0.4, 0.5) is 0 Å².